The summed E-state index contributed by atoms with van der Waals surface area (Å²) in [5, 5.41) is 0.272. The number of aromatic nitrogens is 1. The Morgan fingerprint density at radius 2 is 2.07 bits per heavy atom. The minimum absolute atomic E-state index is 0.243. The lowest BCUT2D eigenvalue weighted by atomic mass is 10.2. The smallest absolute Gasteiger partial charge is 0.296 e. The summed E-state index contributed by atoms with van der Waals surface area (Å²) in [6.45, 7) is 0. The number of rotatable bonds is 1. The van der Waals surface area contributed by atoms with Gasteiger partial charge in [0.25, 0.3) is 10.1 Å². The van der Waals surface area contributed by atoms with Crippen molar-refractivity contribution < 1.29 is 17.4 Å². The van der Waals surface area contributed by atoms with E-state index in [1.807, 2.05) is 0 Å². The van der Waals surface area contributed by atoms with Crippen molar-refractivity contribution >= 4 is 21.0 Å². The van der Waals surface area contributed by atoms with E-state index in [1.54, 1.807) is 0 Å². The molecular formula is C8H6FNO3S. The summed E-state index contributed by atoms with van der Waals surface area (Å²) < 4.78 is 43.2. The van der Waals surface area contributed by atoms with Crippen molar-refractivity contribution in [1.29, 1.82) is 0 Å². The highest BCUT2D eigenvalue weighted by atomic mass is 32.2. The maximum absolute atomic E-state index is 12.7. The lowest BCUT2D eigenvalue weighted by Crippen LogP contribution is -1.95. The van der Waals surface area contributed by atoms with E-state index in [9.17, 15) is 12.8 Å². The van der Waals surface area contributed by atoms with Gasteiger partial charge in [-0.15, -0.1) is 0 Å². The quantitative estimate of drug-likeness (QED) is 0.709. The van der Waals surface area contributed by atoms with Crippen molar-refractivity contribution in [1.82, 2.24) is 4.98 Å². The molecule has 14 heavy (non-hydrogen) atoms. The molecule has 6 heteroatoms. The first kappa shape index (κ1) is 9.17. The molecule has 0 aliphatic heterocycles. The molecule has 0 fully saturated rings. The normalized spacial score (nSPS) is 12.1. The highest BCUT2D eigenvalue weighted by molar-refractivity contribution is 7.86. The number of fused-ring (bicyclic) bond motifs is 1. The lowest BCUT2D eigenvalue weighted by Gasteiger charge is -1.93. The molecule has 1 aromatic carbocycles. The Hall–Kier alpha value is -1.40. The Morgan fingerprint density at radius 1 is 1.36 bits per heavy atom. The van der Waals surface area contributed by atoms with Gasteiger partial charge in [0.05, 0.1) is 0 Å². The Morgan fingerprint density at radius 3 is 2.71 bits per heavy atom. The molecule has 0 bridgehead atoms. The first-order valence-corrected chi connectivity index (χ1v) is 5.16. The Kier molecular flexibility index (Phi) is 1.83. The fraction of sp³-hybridized carbons (Fsp3) is 0. The summed E-state index contributed by atoms with van der Waals surface area (Å²) in [7, 11) is -4.25. The second-order valence-electron chi connectivity index (χ2n) is 2.82. The van der Waals surface area contributed by atoms with E-state index in [0.29, 0.717) is 5.52 Å². The minimum Gasteiger partial charge on any atom is -0.360 e. The van der Waals surface area contributed by atoms with Crippen LogP contribution in [-0.4, -0.2) is 18.0 Å². The zero-order valence-electron chi connectivity index (χ0n) is 6.86. The minimum atomic E-state index is -4.25. The number of hydrogen-bond acceptors (Lipinski definition) is 2. The first-order chi connectivity index (χ1) is 6.48. The van der Waals surface area contributed by atoms with Crippen LogP contribution >= 0.6 is 0 Å². The predicted molar refractivity (Wildman–Crippen MR) is 48.1 cm³/mol. The average Bonchev–Trinajstić information content (AvgIpc) is 2.45. The zero-order valence-corrected chi connectivity index (χ0v) is 7.68. The van der Waals surface area contributed by atoms with Crippen LogP contribution in [0.5, 0.6) is 0 Å². The number of aromatic amines is 1. The van der Waals surface area contributed by atoms with Gasteiger partial charge in [-0.1, -0.05) is 0 Å². The van der Waals surface area contributed by atoms with E-state index in [2.05, 4.69) is 4.98 Å². The van der Waals surface area contributed by atoms with Crippen LogP contribution < -0.4 is 0 Å². The van der Waals surface area contributed by atoms with Crippen molar-refractivity contribution in [2.45, 2.75) is 4.90 Å². The van der Waals surface area contributed by atoms with Crippen LogP contribution in [0.15, 0.2) is 29.3 Å². The second-order valence-corrected chi connectivity index (χ2v) is 4.21. The molecule has 0 atom stereocenters. The molecule has 0 saturated carbocycles. The van der Waals surface area contributed by atoms with E-state index >= 15 is 0 Å². The summed E-state index contributed by atoms with van der Waals surface area (Å²) in [5.74, 6) is -0.471. The molecule has 0 spiro atoms. The van der Waals surface area contributed by atoms with Crippen molar-refractivity contribution in [3.05, 3.63) is 30.2 Å². The molecule has 2 rings (SSSR count). The summed E-state index contributed by atoms with van der Waals surface area (Å²) in [6, 6.07) is 3.58. The van der Waals surface area contributed by atoms with E-state index in [-0.39, 0.29) is 10.3 Å². The number of hydrogen-bond donors (Lipinski definition) is 2. The van der Waals surface area contributed by atoms with Crippen LogP contribution in [0.1, 0.15) is 0 Å². The van der Waals surface area contributed by atoms with Crippen LogP contribution in [0.4, 0.5) is 4.39 Å². The Labute approximate surface area is 79.1 Å². The highest BCUT2D eigenvalue weighted by Gasteiger charge is 2.15. The van der Waals surface area contributed by atoms with Gasteiger partial charge in [0.1, 0.15) is 10.7 Å². The van der Waals surface area contributed by atoms with Crippen LogP contribution in [-0.2, 0) is 10.1 Å². The molecule has 74 valence electrons. The fourth-order valence-corrected chi connectivity index (χ4v) is 1.95. The summed E-state index contributed by atoms with van der Waals surface area (Å²) in [5.41, 5.74) is 0.331. The van der Waals surface area contributed by atoms with E-state index in [1.165, 1.54) is 6.07 Å². The average molecular weight is 215 g/mol. The molecule has 1 aromatic heterocycles. The Balaban J connectivity index is 2.83. The predicted octanol–water partition coefficient (Wildman–Crippen LogP) is 1.55. The molecule has 2 N–H and O–H groups in total. The van der Waals surface area contributed by atoms with Gasteiger partial charge in [0, 0.05) is 17.1 Å². The van der Waals surface area contributed by atoms with Crippen molar-refractivity contribution in [2.24, 2.45) is 0 Å². The molecule has 0 saturated heterocycles. The largest absolute Gasteiger partial charge is 0.360 e. The van der Waals surface area contributed by atoms with Gasteiger partial charge < -0.3 is 4.98 Å². The van der Waals surface area contributed by atoms with Crippen molar-refractivity contribution in [3.63, 3.8) is 0 Å². The van der Waals surface area contributed by atoms with Gasteiger partial charge >= 0.3 is 0 Å². The van der Waals surface area contributed by atoms with E-state index < -0.39 is 15.9 Å². The first-order valence-electron chi connectivity index (χ1n) is 3.72. The Bertz CT molecular complexity index is 588. The molecular weight excluding hydrogens is 209 g/mol. The lowest BCUT2D eigenvalue weighted by molar-refractivity contribution is 0.484. The van der Waals surface area contributed by atoms with Gasteiger partial charge in [-0.25, -0.2) is 4.39 Å². The molecule has 4 nitrogen and oxygen atoms in total. The number of halogens is 1. The maximum Gasteiger partial charge on any atom is 0.296 e. The standard InChI is InChI=1S/C8H6FNO3S/c9-5-1-2-6-7(3-5)10-4-8(6)14(11,12)13/h1-4,10H,(H,11,12,13). The van der Waals surface area contributed by atoms with E-state index in [0.717, 1.165) is 18.3 Å². The van der Waals surface area contributed by atoms with Crippen LogP contribution in [0.3, 0.4) is 0 Å². The third-order valence-electron chi connectivity index (χ3n) is 1.88. The molecule has 0 unspecified atom stereocenters. The van der Waals surface area contributed by atoms with Gasteiger partial charge in [0.2, 0.25) is 0 Å². The third kappa shape index (κ3) is 1.38. The molecule has 0 aliphatic rings. The molecule has 0 aliphatic carbocycles. The zero-order chi connectivity index (χ0) is 10.3. The van der Waals surface area contributed by atoms with Gasteiger partial charge in [0.15, 0.2) is 0 Å². The van der Waals surface area contributed by atoms with E-state index in [4.69, 9.17) is 4.55 Å². The van der Waals surface area contributed by atoms with Crippen LogP contribution in [0.2, 0.25) is 0 Å². The van der Waals surface area contributed by atoms with Crippen molar-refractivity contribution in [2.75, 3.05) is 0 Å². The van der Waals surface area contributed by atoms with Gasteiger partial charge in [-0.05, 0) is 18.2 Å². The molecule has 1 heterocycles. The maximum atomic E-state index is 12.7. The topological polar surface area (TPSA) is 70.2 Å². The number of H-pyrrole nitrogens is 1. The van der Waals surface area contributed by atoms with Crippen LogP contribution in [0, 0.1) is 5.82 Å². The summed E-state index contributed by atoms with van der Waals surface area (Å²) in [6.07, 6.45) is 1.12. The monoisotopic (exact) mass is 215 g/mol. The molecule has 2 aromatic rings. The van der Waals surface area contributed by atoms with Crippen LogP contribution in [0.25, 0.3) is 10.9 Å². The number of nitrogens with one attached hydrogen (secondary N) is 1. The summed E-state index contributed by atoms with van der Waals surface area (Å²) in [4.78, 5) is 2.31. The SMILES string of the molecule is O=S(=O)(O)c1c[nH]c2cc(F)ccc12. The fourth-order valence-electron chi connectivity index (χ4n) is 1.29. The van der Waals surface area contributed by atoms with Gasteiger partial charge in [-0.2, -0.15) is 8.42 Å². The third-order valence-corrected chi connectivity index (χ3v) is 2.78. The number of benzene rings is 1. The van der Waals surface area contributed by atoms with Gasteiger partial charge in [-0.3, -0.25) is 4.55 Å². The summed E-state index contributed by atoms with van der Waals surface area (Å²) >= 11 is 0. The highest BCUT2D eigenvalue weighted by Crippen LogP contribution is 2.22. The molecule has 0 radical (unpaired) electrons. The molecule has 0 amide bonds. The van der Waals surface area contributed by atoms with Crippen molar-refractivity contribution in [3.8, 4) is 0 Å². The second kappa shape index (κ2) is 2.79.